The topological polar surface area (TPSA) is 145 Å². The third kappa shape index (κ3) is 24.2. The Morgan fingerprint density at radius 2 is 0.816 bits per heavy atom. The Morgan fingerprint density at radius 3 is 1.13 bits per heavy atom. The standard InChI is InChI=1S/C24H50O7.2Na.H2O4S/c1-7-13-14-15-16-17-18-19-20-21-22-30-31-24(28-11-5,29-12-6)23(25-8-2,26-9-3)27-10-4;;;1-5(2,3)4/h7-22H2,1-6H3;;;(H2,1,2,3,4)/q;2*+1;/p-2. The maximum absolute atomic E-state index is 8.52. The average Bonchev–Trinajstić information content (AvgIpc) is 2.79. The van der Waals surface area contributed by atoms with Gasteiger partial charge in [0.1, 0.15) is 0 Å². The van der Waals surface area contributed by atoms with Gasteiger partial charge in [0.25, 0.3) is 0 Å². The monoisotopic (exact) mass is 592 g/mol. The van der Waals surface area contributed by atoms with E-state index in [1.54, 1.807) is 0 Å². The molecule has 0 unspecified atom stereocenters. The van der Waals surface area contributed by atoms with Crippen molar-refractivity contribution in [1.29, 1.82) is 0 Å². The van der Waals surface area contributed by atoms with Gasteiger partial charge in [-0.05, 0) is 41.0 Å². The molecular formula is C24H50Na2O11S. The van der Waals surface area contributed by atoms with E-state index in [-0.39, 0.29) is 59.1 Å². The Balaban J connectivity index is -0.000000749. The summed E-state index contributed by atoms with van der Waals surface area (Å²) in [5, 5.41) is 0. The van der Waals surface area contributed by atoms with Crippen LogP contribution >= 0.6 is 0 Å². The first-order chi connectivity index (χ1) is 17.1. The molecule has 0 bridgehead atoms. The van der Waals surface area contributed by atoms with E-state index in [1.807, 2.05) is 34.6 Å². The molecule has 0 spiro atoms. The van der Waals surface area contributed by atoms with Crippen LogP contribution < -0.4 is 59.1 Å². The van der Waals surface area contributed by atoms with E-state index < -0.39 is 22.3 Å². The van der Waals surface area contributed by atoms with E-state index in [4.69, 9.17) is 51.0 Å². The summed E-state index contributed by atoms with van der Waals surface area (Å²) in [7, 11) is -5.17. The number of hydrogen-bond donors (Lipinski definition) is 0. The number of hydrogen-bond acceptors (Lipinski definition) is 11. The smallest absolute Gasteiger partial charge is 0.759 e. The van der Waals surface area contributed by atoms with Gasteiger partial charge in [-0.1, -0.05) is 64.7 Å². The van der Waals surface area contributed by atoms with Gasteiger partial charge in [-0.15, -0.1) is 0 Å². The first-order valence-corrected chi connectivity index (χ1v) is 14.6. The Bertz CT molecular complexity index is 553. The Labute approximate surface area is 275 Å². The molecule has 0 saturated carbocycles. The SMILES string of the molecule is CCCCCCCCCCCCOOC(OCC)(OCC)C(OCC)(OCC)OCC.O=S(=O)([O-])[O-].[Na+].[Na+]. The second-order valence-corrected chi connectivity index (χ2v) is 8.59. The van der Waals surface area contributed by atoms with Crippen LogP contribution in [0.2, 0.25) is 0 Å². The minimum Gasteiger partial charge on any atom is -0.759 e. The molecule has 0 aliphatic rings. The van der Waals surface area contributed by atoms with Crippen molar-refractivity contribution < 1.29 is 110 Å². The fourth-order valence-electron chi connectivity index (χ4n) is 3.43. The number of ether oxygens (including phenoxy) is 5. The maximum Gasteiger partial charge on any atom is 1.00 e. The van der Waals surface area contributed by atoms with Crippen molar-refractivity contribution in [2.24, 2.45) is 0 Å². The molecule has 0 fully saturated rings. The third-order valence-corrected chi connectivity index (χ3v) is 4.80. The number of rotatable bonds is 24. The van der Waals surface area contributed by atoms with E-state index >= 15 is 0 Å². The molecule has 0 N–H and O–H groups in total. The molecule has 0 heterocycles. The number of unbranched alkanes of at least 4 members (excludes halogenated alkanes) is 9. The predicted octanol–water partition coefficient (Wildman–Crippen LogP) is -0.984. The van der Waals surface area contributed by atoms with Gasteiger partial charge in [0.05, 0.1) is 19.8 Å². The summed E-state index contributed by atoms with van der Waals surface area (Å²) in [6.07, 6.45) is 12.5. The van der Waals surface area contributed by atoms with Crippen LogP contribution in [0.4, 0.5) is 0 Å². The summed E-state index contributed by atoms with van der Waals surface area (Å²) in [5.41, 5.74) is 0. The second kappa shape index (κ2) is 30.1. The van der Waals surface area contributed by atoms with Gasteiger partial charge in [-0.2, -0.15) is 4.89 Å². The molecule has 0 aromatic heterocycles. The fraction of sp³-hybridized carbons (Fsp3) is 1.00. The quantitative estimate of drug-likeness (QED) is 0.0259. The van der Waals surface area contributed by atoms with Gasteiger partial charge in [0.15, 0.2) is 0 Å². The van der Waals surface area contributed by atoms with E-state index in [2.05, 4.69) is 6.92 Å². The van der Waals surface area contributed by atoms with E-state index in [0.717, 1.165) is 12.8 Å². The molecule has 0 aromatic rings. The third-order valence-electron chi connectivity index (χ3n) is 4.80. The van der Waals surface area contributed by atoms with Crippen molar-refractivity contribution in [1.82, 2.24) is 0 Å². The summed E-state index contributed by atoms with van der Waals surface area (Å²) in [6.45, 7) is 13.5. The molecular weight excluding hydrogens is 542 g/mol. The zero-order valence-corrected chi connectivity index (χ0v) is 30.0. The van der Waals surface area contributed by atoms with Gasteiger partial charge in [0.2, 0.25) is 0 Å². The zero-order chi connectivity index (χ0) is 27.8. The van der Waals surface area contributed by atoms with Gasteiger partial charge < -0.3 is 32.8 Å². The largest absolute Gasteiger partial charge is 1.00 e. The molecule has 0 atom stereocenters. The molecule has 38 heavy (non-hydrogen) atoms. The molecule has 0 aliphatic heterocycles. The minimum atomic E-state index is -5.17. The van der Waals surface area contributed by atoms with Crippen LogP contribution in [0.25, 0.3) is 0 Å². The van der Waals surface area contributed by atoms with Gasteiger partial charge in [0, 0.05) is 30.2 Å². The summed E-state index contributed by atoms with van der Waals surface area (Å²) >= 11 is 0. The average molecular weight is 593 g/mol. The van der Waals surface area contributed by atoms with Gasteiger partial charge >= 0.3 is 71.1 Å². The summed E-state index contributed by atoms with van der Waals surface area (Å²) in [5.74, 6) is -3.47. The molecule has 0 rings (SSSR count). The van der Waals surface area contributed by atoms with Crippen LogP contribution in [0.15, 0.2) is 0 Å². The molecule has 0 saturated heterocycles. The van der Waals surface area contributed by atoms with Crippen LogP contribution in [0.3, 0.4) is 0 Å². The molecule has 14 heteroatoms. The minimum absolute atomic E-state index is 0. The van der Waals surface area contributed by atoms with Gasteiger partial charge in [-0.25, -0.2) is 4.89 Å². The summed E-state index contributed by atoms with van der Waals surface area (Å²) in [4.78, 5) is 11.2. The Kier molecular flexibility index (Phi) is 36.8. The van der Waals surface area contributed by atoms with Crippen LogP contribution in [-0.4, -0.2) is 69.1 Å². The maximum atomic E-state index is 8.52. The predicted molar refractivity (Wildman–Crippen MR) is 133 cm³/mol. The van der Waals surface area contributed by atoms with Gasteiger partial charge in [-0.3, -0.25) is 8.42 Å². The Hall–Kier alpha value is 1.59. The second-order valence-electron chi connectivity index (χ2n) is 7.77. The molecule has 220 valence electrons. The molecule has 0 radical (unpaired) electrons. The van der Waals surface area contributed by atoms with Crippen LogP contribution in [0.5, 0.6) is 0 Å². The van der Waals surface area contributed by atoms with Crippen molar-refractivity contribution >= 4 is 10.4 Å². The van der Waals surface area contributed by atoms with Crippen molar-refractivity contribution in [2.75, 3.05) is 39.6 Å². The first kappa shape index (κ1) is 46.5. The van der Waals surface area contributed by atoms with Crippen molar-refractivity contribution in [3.05, 3.63) is 0 Å². The zero-order valence-electron chi connectivity index (χ0n) is 25.2. The van der Waals surface area contributed by atoms with E-state index in [0.29, 0.717) is 39.6 Å². The molecule has 0 amide bonds. The summed E-state index contributed by atoms with van der Waals surface area (Å²) in [6, 6.07) is 0. The van der Waals surface area contributed by atoms with Crippen LogP contribution in [-0.2, 0) is 43.9 Å². The fourth-order valence-corrected chi connectivity index (χ4v) is 3.43. The molecule has 0 aliphatic carbocycles. The van der Waals surface area contributed by atoms with Crippen molar-refractivity contribution in [2.45, 2.75) is 118 Å². The molecule has 11 nitrogen and oxygen atoms in total. The molecule has 0 aromatic carbocycles. The van der Waals surface area contributed by atoms with Crippen molar-refractivity contribution in [3.63, 3.8) is 0 Å². The van der Waals surface area contributed by atoms with E-state index in [9.17, 15) is 0 Å². The first-order valence-electron chi connectivity index (χ1n) is 13.3. The van der Waals surface area contributed by atoms with E-state index in [1.165, 1.54) is 51.4 Å². The summed E-state index contributed by atoms with van der Waals surface area (Å²) < 4.78 is 63.3. The Morgan fingerprint density at radius 1 is 0.526 bits per heavy atom. The van der Waals surface area contributed by atoms with Crippen molar-refractivity contribution in [3.8, 4) is 0 Å². The van der Waals surface area contributed by atoms with Crippen LogP contribution in [0, 0.1) is 0 Å². The normalized spacial score (nSPS) is 11.8. The van der Waals surface area contributed by atoms with Crippen LogP contribution in [0.1, 0.15) is 106 Å².